The van der Waals surface area contributed by atoms with Crippen molar-refractivity contribution in [2.75, 3.05) is 6.61 Å². The molecule has 0 aliphatic carbocycles. The van der Waals surface area contributed by atoms with E-state index in [2.05, 4.69) is 5.10 Å². The number of nitrogens with zero attached hydrogens (tertiary/aromatic N) is 3. The monoisotopic (exact) mass is 405 g/mol. The number of carbonyl (C=O) groups is 1. The predicted molar refractivity (Wildman–Crippen MR) is 108 cm³/mol. The highest BCUT2D eigenvalue weighted by Gasteiger charge is 2.21. The lowest BCUT2D eigenvalue weighted by molar-refractivity contribution is 0.0688. The van der Waals surface area contributed by atoms with E-state index in [1.807, 2.05) is 6.92 Å². The molecule has 150 valence electrons. The number of rotatable bonds is 6. The number of benzene rings is 2. The molecule has 1 N–H and O–H groups in total. The van der Waals surface area contributed by atoms with Gasteiger partial charge in [0.1, 0.15) is 23.2 Å². The quantitative estimate of drug-likeness (QED) is 0.673. The second-order valence-electron chi connectivity index (χ2n) is 6.08. The van der Waals surface area contributed by atoms with Crippen LogP contribution in [0.5, 0.6) is 5.75 Å². The fraction of sp³-hybridized carbons (Fsp3) is 0.0909. The lowest BCUT2D eigenvalue weighted by atomic mass is 10.1. The van der Waals surface area contributed by atoms with Crippen molar-refractivity contribution in [3.8, 4) is 17.5 Å². The minimum Gasteiger partial charge on any atom is -0.494 e. The largest absolute Gasteiger partial charge is 0.494 e. The topological polar surface area (TPSA) is 105 Å². The number of hydrogen-bond donors (Lipinski definition) is 1. The van der Waals surface area contributed by atoms with Crippen molar-refractivity contribution in [1.29, 1.82) is 5.26 Å². The van der Waals surface area contributed by atoms with Gasteiger partial charge in [0.05, 0.1) is 12.3 Å². The summed E-state index contributed by atoms with van der Waals surface area (Å²) < 4.78 is 19.3. The van der Waals surface area contributed by atoms with Gasteiger partial charge in [-0.05, 0) is 48.9 Å². The Balaban J connectivity index is 2.13. The molecule has 3 rings (SSSR count). The van der Waals surface area contributed by atoms with Crippen LogP contribution in [0.2, 0.25) is 0 Å². The van der Waals surface area contributed by atoms with Crippen LogP contribution < -0.4 is 10.3 Å². The summed E-state index contributed by atoms with van der Waals surface area (Å²) in [6, 6.07) is 13.5. The van der Waals surface area contributed by atoms with Crippen molar-refractivity contribution in [3.05, 3.63) is 87.1 Å². The van der Waals surface area contributed by atoms with Crippen LogP contribution in [0.15, 0.2) is 53.3 Å². The molecule has 8 heteroatoms. The maximum absolute atomic E-state index is 13.1. The van der Waals surface area contributed by atoms with Crippen LogP contribution in [-0.4, -0.2) is 27.5 Å². The number of nitriles is 1. The molecule has 0 atom stereocenters. The second kappa shape index (κ2) is 8.84. The first-order valence-corrected chi connectivity index (χ1v) is 8.92. The molecule has 0 saturated carbocycles. The van der Waals surface area contributed by atoms with Crippen molar-refractivity contribution < 1.29 is 19.0 Å². The van der Waals surface area contributed by atoms with Crippen molar-refractivity contribution in [2.24, 2.45) is 0 Å². The lowest BCUT2D eigenvalue weighted by Gasteiger charge is -2.10. The van der Waals surface area contributed by atoms with Crippen molar-refractivity contribution >= 4 is 18.1 Å². The van der Waals surface area contributed by atoms with Gasteiger partial charge < -0.3 is 9.84 Å². The van der Waals surface area contributed by atoms with E-state index in [1.54, 1.807) is 30.3 Å². The van der Waals surface area contributed by atoms with E-state index >= 15 is 0 Å². The molecule has 1 aromatic heterocycles. The summed E-state index contributed by atoms with van der Waals surface area (Å²) in [5, 5.41) is 23.1. The lowest BCUT2D eigenvalue weighted by Crippen LogP contribution is -2.28. The zero-order chi connectivity index (χ0) is 21.7. The third kappa shape index (κ3) is 4.25. The van der Waals surface area contributed by atoms with Crippen LogP contribution in [0.25, 0.3) is 17.8 Å². The SMILES string of the molecule is CCOc1ccc(-n2nc(C(=O)O)c(/C=C\c3ccc(F)cc3)c(C#N)c2=O)cc1. The summed E-state index contributed by atoms with van der Waals surface area (Å²) >= 11 is 0. The van der Waals surface area contributed by atoms with Crippen molar-refractivity contribution in [1.82, 2.24) is 9.78 Å². The molecule has 0 spiro atoms. The molecule has 0 fully saturated rings. The Bertz CT molecular complexity index is 1210. The van der Waals surface area contributed by atoms with Gasteiger partial charge in [0, 0.05) is 5.56 Å². The fourth-order valence-electron chi connectivity index (χ4n) is 2.75. The van der Waals surface area contributed by atoms with E-state index in [9.17, 15) is 24.3 Å². The Morgan fingerprint density at radius 2 is 1.87 bits per heavy atom. The molecule has 0 aliphatic rings. The van der Waals surface area contributed by atoms with Crippen LogP contribution in [0.3, 0.4) is 0 Å². The molecule has 0 aliphatic heterocycles. The molecular weight excluding hydrogens is 389 g/mol. The van der Waals surface area contributed by atoms with Gasteiger partial charge in [-0.2, -0.15) is 15.0 Å². The summed E-state index contributed by atoms with van der Waals surface area (Å²) in [5.74, 6) is -1.24. The average Bonchev–Trinajstić information content (AvgIpc) is 2.74. The van der Waals surface area contributed by atoms with E-state index in [0.717, 1.165) is 4.68 Å². The number of carboxylic acids is 1. The van der Waals surface area contributed by atoms with Gasteiger partial charge in [0.25, 0.3) is 5.56 Å². The number of aromatic nitrogens is 2. The normalized spacial score (nSPS) is 10.7. The van der Waals surface area contributed by atoms with Crippen LogP contribution >= 0.6 is 0 Å². The molecule has 30 heavy (non-hydrogen) atoms. The highest BCUT2D eigenvalue weighted by molar-refractivity contribution is 5.92. The summed E-state index contributed by atoms with van der Waals surface area (Å²) in [6.45, 7) is 2.30. The molecule has 3 aromatic rings. The highest BCUT2D eigenvalue weighted by Crippen LogP contribution is 2.18. The molecule has 0 saturated heterocycles. The molecule has 2 aromatic carbocycles. The van der Waals surface area contributed by atoms with Gasteiger partial charge in [-0.1, -0.05) is 24.3 Å². The zero-order valence-corrected chi connectivity index (χ0v) is 15.9. The van der Waals surface area contributed by atoms with Gasteiger partial charge in [0.2, 0.25) is 0 Å². The van der Waals surface area contributed by atoms with E-state index in [4.69, 9.17) is 4.74 Å². The van der Waals surface area contributed by atoms with Gasteiger partial charge >= 0.3 is 5.97 Å². The van der Waals surface area contributed by atoms with E-state index in [-0.39, 0.29) is 16.8 Å². The minimum atomic E-state index is -1.40. The van der Waals surface area contributed by atoms with Gasteiger partial charge in [-0.25, -0.2) is 9.18 Å². The molecule has 1 heterocycles. The number of carboxylic acid groups (broad SMARTS) is 1. The first-order valence-electron chi connectivity index (χ1n) is 8.92. The van der Waals surface area contributed by atoms with Gasteiger partial charge in [-0.3, -0.25) is 4.79 Å². The van der Waals surface area contributed by atoms with E-state index < -0.39 is 23.0 Å². The van der Waals surface area contributed by atoms with Gasteiger partial charge in [0.15, 0.2) is 5.69 Å². The molecule has 0 amide bonds. The van der Waals surface area contributed by atoms with Crippen LogP contribution in [0, 0.1) is 17.1 Å². The Labute approximate surface area is 170 Å². The van der Waals surface area contributed by atoms with E-state index in [0.29, 0.717) is 17.9 Å². The maximum Gasteiger partial charge on any atom is 0.357 e. The first-order chi connectivity index (χ1) is 14.4. The number of ether oxygens (including phenoxy) is 1. The van der Waals surface area contributed by atoms with Gasteiger partial charge in [-0.15, -0.1) is 0 Å². The number of aromatic carboxylic acids is 1. The van der Waals surface area contributed by atoms with Crippen molar-refractivity contribution in [3.63, 3.8) is 0 Å². The number of hydrogen-bond acceptors (Lipinski definition) is 5. The Morgan fingerprint density at radius 3 is 2.43 bits per heavy atom. The summed E-state index contributed by atoms with van der Waals surface area (Å²) in [5.41, 5.74) is -0.858. The summed E-state index contributed by atoms with van der Waals surface area (Å²) in [7, 11) is 0. The molecule has 0 bridgehead atoms. The molecule has 0 unspecified atom stereocenters. The summed E-state index contributed by atoms with van der Waals surface area (Å²) in [4.78, 5) is 24.6. The molecule has 7 nitrogen and oxygen atoms in total. The molecule has 0 radical (unpaired) electrons. The van der Waals surface area contributed by atoms with E-state index in [1.165, 1.54) is 36.4 Å². The Hall–Kier alpha value is -4.25. The summed E-state index contributed by atoms with van der Waals surface area (Å²) in [6.07, 6.45) is 2.79. The highest BCUT2D eigenvalue weighted by atomic mass is 19.1. The minimum absolute atomic E-state index is 0.124. The van der Waals surface area contributed by atoms with Crippen LogP contribution in [-0.2, 0) is 0 Å². The maximum atomic E-state index is 13.1. The fourth-order valence-corrected chi connectivity index (χ4v) is 2.75. The van der Waals surface area contributed by atoms with Crippen molar-refractivity contribution in [2.45, 2.75) is 6.92 Å². The van der Waals surface area contributed by atoms with Crippen LogP contribution in [0.4, 0.5) is 4.39 Å². The second-order valence-corrected chi connectivity index (χ2v) is 6.08. The Morgan fingerprint density at radius 1 is 1.20 bits per heavy atom. The number of halogens is 1. The first kappa shape index (κ1) is 20.5. The predicted octanol–water partition coefficient (Wildman–Crippen LogP) is 3.51. The smallest absolute Gasteiger partial charge is 0.357 e. The zero-order valence-electron chi connectivity index (χ0n) is 15.9. The molecular formula is C22H16FN3O4. The average molecular weight is 405 g/mol. The van der Waals surface area contributed by atoms with Crippen LogP contribution in [0.1, 0.15) is 34.1 Å². The third-order valence-corrected chi connectivity index (χ3v) is 4.15. The Kier molecular flexibility index (Phi) is 6.03. The standard InChI is InChI=1S/C22H16FN3O4/c1-2-30-17-10-8-16(9-11-17)26-21(27)19(13-24)18(20(25-26)22(28)29)12-5-14-3-6-15(23)7-4-14/h3-12H,2H2,1H3,(H,28,29)/b12-5-. The third-order valence-electron chi connectivity index (χ3n) is 4.15.